The van der Waals surface area contributed by atoms with E-state index in [9.17, 15) is 0 Å². The molecule has 1 aliphatic rings. The SMILES string of the molecule is CCN(CC)c1ccc(CNCCN(C)C2CC2)cc1. The summed E-state index contributed by atoms with van der Waals surface area (Å²) in [5.41, 5.74) is 2.70. The number of likely N-dealkylation sites (N-methyl/N-ethyl adjacent to an activating group) is 1. The number of nitrogens with zero attached hydrogens (tertiary/aromatic N) is 2. The van der Waals surface area contributed by atoms with E-state index in [2.05, 4.69) is 60.3 Å². The zero-order valence-corrected chi connectivity index (χ0v) is 13.2. The maximum Gasteiger partial charge on any atom is 0.0366 e. The first-order chi connectivity index (χ1) is 9.74. The molecule has 1 aromatic rings. The molecule has 2 rings (SSSR count). The number of hydrogen-bond acceptors (Lipinski definition) is 3. The lowest BCUT2D eigenvalue weighted by Crippen LogP contribution is -2.30. The topological polar surface area (TPSA) is 18.5 Å². The third-order valence-corrected chi connectivity index (χ3v) is 4.21. The molecule has 0 aliphatic heterocycles. The lowest BCUT2D eigenvalue weighted by atomic mass is 10.2. The molecule has 20 heavy (non-hydrogen) atoms. The first-order valence-corrected chi connectivity index (χ1v) is 7.99. The van der Waals surface area contributed by atoms with E-state index >= 15 is 0 Å². The van der Waals surface area contributed by atoms with Crippen LogP contribution < -0.4 is 10.2 Å². The second kappa shape index (κ2) is 7.65. The number of benzene rings is 1. The standard InChI is InChI=1S/C17H29N3/c1-4-20(5-2)17-8-6-15(7-9-17)14-18-12-13-19(3)16-10-11-16/h6-9,16,18H,4-5,10-14H2,1-3H3. The molecule has 1 fully saturated rings. The smallest absolute Gasteiger partial charge is 0.0366 e. The molecular formula is C17H29N3. The van der Waals surface area contributed by atoms with Gasteiger partial charge < -0.3 is 15.1 Å². The normalized spacial score (nSPS) is 14.8. The van der Waals surface area contributed by atoms with Gasteiger partial charge in [0, 0.05) is 44.5 Å². The largest absolute Gasteiger partial charge is 0.372 e. The summed E-state index contributed by atoms with van der Waals surface area (Å²) >= 11 is 0. The Hall–Kier alpha value is -1.06. The quantitative estimate of drug-likeness (QED) is 0.699. The maximum absolute atomic E-state index is 3.54. The summed E-state index contributed by atoms with van der Waals surface area (Å²) in [6, 6.07) is 9.82. The predicted molar refractivity (Wildman–Crippen MR) is 87.4 cm³/mol. The Balaban J connectivity index is 1.70. The van der Waals surface area contributed by atoms with Crippen molar-refractivity contribution in [2.24, 2.45) is 0 Å². The van der Waals surface area contributed by atoms with Crippen LogP contribution in [0.2, 0.25) is 0 Å². The summed E-state index contributed by atoms with van der Waals surface area (Å²) in [7, 11) is 2.23. The Labute approximate surface area is 124 Å². The van der Waals surface area contributed by atoms with Gasteiger partial charge in [0.05, 0.1) is 0 Å². The third-order valence-electron chi connectivity index (χ3n) is 4.21. The van der Waals surface area contributed by atoms with Gasteiger partial charge in [-0.15, -0.1) is 0 Å². The first kappa shape index (κ1) is 15.3. The molecule has 0 amide bonds. The van der Waals surface area contributed by atoms with Crippen LogP contribution in [0.1, 0.15) is 32.3 Å². The molecule has 0 atom stereocenters. The molecule has 3 nitrogen and oxygen atoms in total. The minimum atomic E-state index is 0.866. The Morgan fingerprint density at radius 2 is 1.75 bits per heavy atom. The molecule has 0 spiro atoms. The number of hydrogen-bond donors (Lipinski definition) is 1. The van der Waals surface area contributed by atoms with Gasteiger partial charge in [-0.25, -0.2) is 0 Å². The highest BCUT2D eigenvalue weighted by Gasteiger charge is 2.25. The van der Waals surface area contributed by atoms with Crippen molar-refractivity contribution in [3.05, 3.63) is 29.8 Å². The van der Waals surface area contributed by atoms with Gasteiger partial charge in [0.15, 0.2) is 0 Å². The van der Waals surface area contributed by atoms with Gasteiger partial charge in [0.1, 0.15) is 0 Å². The number of rotatable bonds is 9. The van der Waals surface area contributed by atoms with Crippen LogP contribution in [-0.2, 0) is 6.54 Å². The van der Waals surface area contributed by atoms with Crippen molar-refractivity contribution in [2.45, 2.75) is 39.3 Å². The van der Waals surface area contributed by atoms with Crippen molar-refractivity contribution in [3.63, 3.8) is 0 Å². The summed E-state index contributed by atoms with van der Waals surface area (Å²) in [6.45, 7) is 9.75. The van der Waals surface area contributed by atoms with Gasteiger partial charge in [0.25, 0.3) is 0 Å². The van der Waals surface area contributed by atoms with E-state index in [0.29, 0.717) is 0 Å². The van der Waals surface area contributed by atoms with E-state index in [0.717, 1.165) is 38.8 Å². The minimum Gasteiger partial charge on any atom is -0.372 e. The van der Waals surface area contributed by atoms with Gasteiger partial charge >= 0.3 is 0 Å². The first-order valence-electron chi connectivity index (χ1n) is 7.99. The van der Waals surface area contributed by atoms with Crippen molar-refractivity contribution in [2.75, 3.05) is 38.1 Å². The lowest BCUT2D eigenvalue weighted by Gasteiger charge is -2.21. The Kier molecular flexibility index (Phi) is 5.86. The van der Waals surface area contributed by atoms with E-state index in [1.807, 2.05) is 0 Å². The second-order valence-electron chi connectivity index (χ2n) is 5.73. The lowest BCUT2D eigenvalue weighted by molar-refractivity contribution is 0.321. The minimum absolute atomic E-state index is 0.866. The molecule has 0 heterocycles. The Bertz CT molecular complexity index is 380. The third kappa shape index (κ3) is 4.50. The molecule has 0 aromatic heterocycles. The average Bonchev–Trinajstić information content (AvgIpc) is 3.31. The van der Waals surface area contributed by atoms with Crippen molar-refractivity contribution in [3.8, 4) is 0 Å². The highest BCUT2D eigenvalue weighted by Crippen LogP contribution is 2.24. The molecule has 0 saturated heterocycles. The van der Waals surface area contributed by atoms with Gasteiger partial charge in [0.2, 0.25) is 0 Å². The molecule has 0 unspecified atom stereocenters. The van der Waals surface area contributed by atoms with Gasteiger partial charge in [-0.2, -0.15) is 0 Å². The van der Waals surface area contributed by atoms with E-state index < -0.39 is 0 Å². The molecule has 3 heteroatoms. The maximum atomic E-state index is 3.54. The van der Waals surface area contributed by atoms with Crippen LogP contribution in [0.4, 0.5) is 5.69 Å². The summed E-state index contributed by atoms with van der Waals surface area (Å²) in [6.07, 6.45) is 2.78. The fraction of sp³-hybridized carbons (Fsp3) is 0.647. The molecule has 1 saturated carbocycles. The number of anilines is 1. The van der Waals surface area contributed by atoms with Gasteiger partial charge in [-0.1, -0.05) is 12.1 Å². The Morgan fingerprint density at radius 1 is 1.10 bits per heavy atom. The van der Waals surface area contributed by atoms with Crippen molar-refractivity contribution in [1.29, 1.82) is 0 Å². The molecule has 1 aromatic carbocycles. The predicted octanol–water partition coefficient (Wildman–Crippen LogP) is 2.72. The zero-order valence-electron chi connectivity index (χ0n) is 13.2. The van der Waals surface area contributed by atoms with Gasteiger partial charge in [-0.05, 0) is 51.4 Å². The van der Waals surface area contributed by atoms with Crippen LogP contribution in [0, 0.1) is 0 Å². The number of nitrogens with one attached hydrogen (secondary N) is 1. The molecule has 0 radical (unpaired) electrons. The van der Waals surface area contributed by atoms with Crippen molar-refractivity contribution < 1.29 is 0 Å². The summed E-state index contributed by atoms with van der Waals surface area (Å²) in [4.78, 5) is 4.85. The molecule has 1 N–H and O–H groups in total. The second-order valence-corrected chi connectivity index (χ2v) is 5.73. The van der Waals surface area contributed by atoms with Crippen LogP contribution in [0.25, 0.3) is 0 Å². The van der Waals surface area contributed by atoms with Crippen LogP contribution >= 0.6 is 0 Å². The van der Waals surface area contributed by atoms with Crippen molar-refractivity contribution >= 4 is 5.69 Å². The zero-order chi connectivity index (χ0) is 14.4. The van der Waals surface area contributed by atoms with Crippen LogP contribution in [0.3, 0.4) is 0 Å². The molecule has 112 valence electrons. The molecule has 0 bridgehead atoms. The summed E-state index contributed by atoms with van der Waals surface area (Å²) < 4.78 is 0. The highest BCUT2D eigenvalue weighted by atomic mass is 15.2. The van der Waals surface area contributed by atoms with Crippen molar-refractivity contribution in [1.82, 2.24) is 10.2 Å². The van der Waals surface area contributed by atoms with Crippen LogP contribution in [-0.4, -0.2) is 44.2 Å². The van der Waals surface area contributed by atoms with Crippen LogP contribution in [0.15, 0.2) is 24.3 Å². The van der Waals surface area contributed by atoms with E-state index in [1.54, 1.807) is 0 Å². The fourth-order valence-corrected chi connectivity index (χ4v) is 2.60. The van der Waals surface area contributed by atoms with E-state index in [-0.39, 0.29) is 0 Å². The average molecular weight is 275 g/mol. The van der Waals surface area contributed by atoms with E-state index in [4.69, 9.17) is 0 Å². The van der Waals surface area contributed by atoms with Gasteiger partial charge in [-0.3, -0.25) is 0 Å². The van der Waals surface area contributed by atoms with E-state index in [1.165, 1.54) is 24.1 Å². The highest BCUT2D eigenvalue weighted by molar-refractivity contribution is 5.47. The summed E-state index contributed by atoms with van der Waals surface area (Å²) in [5.74, 6) is 0. The molecular weight excluding hydrogens is 246 g/mol. The Morgan fingerprint density at radius 3 is 2.30 bits per heavy atom. The molecule has 1 aliphatic carbocycles. The summed E-state index contributed by atoms with van der Waals surface area (Å²) in [5, 5.41) is 3.54. The van der Waals surface area contributed by atoms with Crippen LogP contribution in [0.5, 0.6) is 0 Å². The monoisotopic (exact) mass is 275 g/mol. The fourth-order valence-electron chi connectivity index (χ4n) is 2.60.